The number of thiophene rings is 1. The minimum absolute atomic E-state index is 0.00344. The number of ether oxygens (including phenoxy) is 1. The molecular weight excluding hydrogens is 503 g/mol. The van der Waals surface area contributed by atoms with Crippen molar-refractivity contribution in [3.05, 3.63) is 70.4 Å². The van der Waals surface area contributed by atoms with E-state index in [1.165, 1.54) is 17.4 Å². The third-order valence-electron chi connectivity index (χ3n) is 6.40. The first kappa shape index (κ1) is 25.2. The number of benzene rings is 1. The lowest BCUT2D eigenvalue weighted by molar-refractivity contribution is -0.142. The minimum Gasteiger partial charge on any atom is -0.497 e. The Hall–Kier alpha value is -3.44. The Kier molecular flexibility index (Phi) is 6.91. The maximum Gasteiger partial charge on any atom is 0.433 e. The maximum atomic E-state index is 13.9. The smallest absolute Gasteiger partial charge is 0.433 e. The molecule has 1 aliphatic heterocycles. The second-order valence-corrected chi connectivity index (χ2v) is 10.0. The summed E-state index contributed by atoms with van der Waals surface area (Å²) in [5.74, 6) is 0.392. The maximum absolute atomic E-state index is 13.9. The van der Waals surface area contributed by atoms with E-state index in [1.807, 2.05) is 37.3 Å². The summed E-state index contributed by atoms with van der Waals surface area (Å²) in [4.78, 5) is 23.1. The van der Waals surface area contributed by atoms with Crippen LogP contribution in [0.3, 0.4) is 0 Å². The predicted octanol–water partition coefficient (Wildman–Crippen LogP) is 5.01. The lowest BCUT2D eigenvalue weighted by Crippen LogP contribution is -2.48. The first-order valence-electron chi connectivity index (χ1n) is 12.0. The van der Waals surface area contributed by atoms with Gasteiger partial charge in [0.2, 0.25) is 0 Å². The number of fused-ring (bicyclic) bond motifs is 1. The molecule has 0 unspecified atom stereocenters. The van der Waals surface area contributed by atoms with Crippen LogP contribution in [0.5, 0.6) is 5.75 Å². The number of carbonyl (C=O) groups is 1. The van der Waals surface area contributed by atoms with Gasteiger partial charge in [0.05, 0.1) is 17.7 Å². The molecule has 1 aliphatic rings. The van der Waals surface area contributed by atoms with Crippen molar-refractivity contribution in [3.8, 4) is 16.3 Å². The van der Waals surface area contributed by atoms with Gasteiger partial charge in [0.15, 0.2) is 17.0 Å². The van der Waals surface area contributed by atoms with Crippen molar-refractivity contribution in [3.63, 3.8) is 0 Å². The van der Waals surface area contributed by atoms with E-state index in [9.17, 15) is 18.0 Å². The molecule has 37 heavy (non-hydrogen) atoms. The van der Waals surface area contributed by atoms with E-state index >= 15 is 0 Å². The Morgan fingerprint density at radius 1 is 1.08 bits per heavy atom. The summed E-state index contributed by atoms with van der Waals surface area (Å²) in [7, 11) is 1.63. The number of carbonyl (C=O) groups excluding carboxylic acids is 1. The van der Waals surface area contributed by atoms with Gasteiger partial charge in [-0.15, -0.1) is 11.3 Å². The largest absolute Gasteiger partial charge is 0.497 e. The molecule has 0 aliphatic carbocycles. The number of methoxy groups -OCH3 is 1. The number of halogens is 3. The zero-order valence-electron chi connectivity index (χ0n) is 20.5. The highest BCUT2D eigenvalue weighted by molar-refractivity contribution is 7.15. The van der Waals surface area contributed by atoms with Gasteiger partial charge in [0.25, 0.3) is 5.91 Å². The fraction of sp³-hybridized carbons (Fsp3) is 0.346. The first-order valence-corrected chi connectivity index (χ1v) is 12.8. The highest BCUT2D eigenvalue weighted by atomic mass is 32.1. The summed E-state index contributed by atoms with van der Waals surface area (Å²) in [5.41, 5.74) is 0.321. The van der Waals surface area contributed by atoms with E-state index in [1.54, 1.807) is 18.1 Å². The average molecular weight is 530 g/mol. The Bertz CT molecular complexity index is 1420. The number of hydrogen-bond donors (Lipinski definition) is 0. The number of aromatic nitrogens is 3. The average Bonchev–Trinajstić information content (AvgIpc) is 3.55. The van der Waals surface area contributed by atoms with Gasteiger partial charge < -0.3 is 9.64 Å². The van der Waals surface area contributed by atoms with Gasteiger partial charge in [-0.3, -0.25) is 9.69 Å². The third kappa shape index (κ3) is 5.33. The SMILES string of the molecule is CCc1ccc(-c2cc(C(F)(F)F)n3nc(C(=O)N4CCN(Cc5cccc(OC)c5)CC4)cc3n2)s1. The van der Waals surface area contributed by atoms with Crippen LogP contribution < -0.4 is 4.74 Å². The van der Waals surface area contributed by atoms with Crippen LogP contribution in [0.1, 0.15) is 33.5 Å². The van der Waals surface area contributed by atoms with E-state index < -0.39 is 17.8 Å². The minimum atomic E-state index is -4.65. The van der Waals surface area contributed by atoms with Crippen molar-refractivity contribution in [2.45, 2.75) is 26.1 Å². The van der Waals surface area contributed by atoms with Gasteiger partial charge in [-0.25, -0.2) is 9.50 Å². The monoisotopic (exact) mass is 529 g/mol. The van der Waals surface area contributed by atoms with Crippen molar-refractivity contribution in [1.82, 2.24) is 24.4 Å². The molecule has 0 radical (unpaired) electrons. The van der Waals surface area contributed by atoms with Gasteiger partial charge >= 0.3 is 6.18 Å². The summed E-state index contributed by atoms with van der Waals surface area (Å²) < 4.78 is 47.8. The first-order chi connectivity index (χ1) is 17.7. The molecule has 5 rings (SSSR count). The molecule has 4 heterocycles. The molecule has 0 N–H and O–H groups in total. The third-order valence-corrected chi connectivity index (χ3v) is 7.65. The summed E-state index contributed by atoms with van der Waals surface area (Å²) in [6.45, 7) is 4.90. The van der Waals surface area contributed by atoms with Crippen LogP contribution in [0.25, 0.3) is 16.2 Å². The van der Waals surface area contributed by atoms with Crippen LogP contribution in [0.15, 0.2) is 48.5 Å². The van der Waals surface area contributed by atoms with Crippen molar-refractivity contribution < 1.29 is 22.7 Å². The van der Waals surface area contributed by atoms with E-state index in [2.05, 4.69) is 15.0 Å². The number of hydrogen-bond acceptors (Lipinski definition) is 6. The number of amides is 1. The van der Waals surface area contributed by atoms with Crippen LogP contribution in [0.2, 0.25) is 0 Å². The molecule has 3 aromatic heterocycles. The second-order valence-electron chi connectivity index (χ2n) is 8.86. The lowest BCUT2D eigenvalue weighted by Gasteiger charge is -2.34. The van der Waals surface area contributed by atoms with Crippen molar-refractivity contribution in [1.29, 1.82) is 0 Å². The normalized spacial score (nSPS) is 14.9. The summed E-state index contributed by atoms with van der Waals surface area (Å²) in [6, 6.07) is 13.8. The lowest BCUT2D eigenvalue weighted by atomic mass is 10.2. The van der Waals surface area contributed by atoms with Crippen molar-refractivity contribution in [2.75, 3.05) is 33.3 Å². The molecule has 1 aromatic carbocycles. The molecule has 1 fully saturated rings. The quantitative estimate of drug-likeness (QED) is 0.352. The fourth-order valence-electron chi connectivity index (χ4n) is 4.41. The van der Waals surface area contributed by atoms with Crippen molar-refractivity contribution in [2.24, 2.45) is 0 Å². The Morgan fingerprint density at radius 2 is 1.86 bits per heavy atom. The van der Waals surface area contributed by atoms with Crippen LogP contribution in [0.4, 0.5) is 13.2 Å². The number of aryl methyl sites for hydroxylation is 1. The molecule has 11 heteroatoms. The molecule has 194 valence electrons. The van der Waals surface area contributed by atoms with Crippen LogP contribution in [-0.2, 0) is 19.1 Å². The molecule has 0 spiro atoms. The molecule has 1 amide bonds. The molecule has 0 bridgehead atoms. The zero-order valence-corrected chi connectivity index (χ0v) is 21.3. The topological polar surface area (TPSA) is 63.0 Å². The van der Waals surface area contributed by atoms with Crippen LogP contribution in [-0.4, -0.2) is 63.6 Å². The van der Waals surface area contributed by atoms with E-state index in [4.69, 9.17) is 4.74 Å². The molecule has 0 saturated carbocycles. The van der Waals surface area contributed by atoms with Crippen molar-refractivity contribution >= 4 is 22.9 Å². The Balaban J connectivity index is 1.35. The Morgan fingerprint density at radius 3 is 2.54 bits per heavy atom. The number of piperazine rings is 1. The number of rotatable bonds is 6. The number of alkyl halides is 3. The molecule has 4 aromatic rings. The van der Waals surface area contributed by atoms with Gasteiger partial charge in [0, 0.05) is 43.7 Å². The fourth-order valence-corrected chi connectivity index (χ4v) is 5.32. The van der Waals surface area contributed by atoms with E-state index in [-0.39, 0.29) is 17.0 Å². The zero-order chi connectivity index (χ0) is 26.2. The number of nitrogens with zero attached hydrogens (tertiary/aromatic N) is 5. The second kappa shape index (κ2) is 10.1. The standard InChI is InChI=1S/C26H26F3N5O2S/c1-3-19-7-8-22(37-19)20-14-23(26(27,28)29)34-24(30-20)15-21(31-34)25(35)33-11-9-32(10-12-33)16-17-5-4-6-18(13-17)36-2/h4-8,13-15H,3,9-12,16H2,1-2H3. The van der Waals surface area contributed by atoms with Gasteiger partial charge in [-0.2, -0.15) is 18.3 Å². The van der Waals surface area contributed by atoms with Gasteiger partial charge in [-0.1, -0.05) is 19.1 Å². The Labute approximate surface area is 216 Å². The highest BCUT2D eigenvalue weighted by Crippen LogP contribution is 2.34. The van der Waals surface area contributed by atoms with Gasteiger partial charge in [0.1, 0.15) is 5.75 Å². The predicted molar refractivity (Wildman–Crippen MR) is 135 cm³/mol. The van der Waals surface area contributed by atoms with E-state index in [0.29, 0.717) is 31.1 Å². The summed E-state index contributed by atoms with van der Waals surface area (Å²) in [5, 5.41) is 4.04. The van der Waals surface area contributed by atoms with E-state index in [0.717, 1.165) is 39.7 Å². The van der Waals surface area contributed by atoms with Crippen LogP contribution in [0, 0.1) is 0 Å². The summed E-state index contributed by atoms with van der Waals surface area (Å²) >= 11 is 1.41. The highest BCUT2D eigenvalue weighted by Gasteiger charge is 2.36. The molecule has 7 nitrogen and oxygen atoms in total. The van der Waals surface area contributed by atoms with Crippen LogP contribution >= 0.6 is 11.3 Å². The molecule has 1 saturated heterocycles. The summed E-state index contributed by atoms with van der Waals surface area (Å²) in [6.07, 6.45) is -3.87. The molecule has 0 atom stereocenters. The van der Waals surface area contributed by atoms with Gasteiger partial charge in [-0.05, 0) is 42.3 Å². The molecular formula is C26H26F3N5O2S.